The van der Waals surface area contributed by atoms with Gasteiger partial charge in [-0.2, -0.15) is 0 Å². The first kappa shape index (κ1) is 24.4. The second kappa shape index (κ2) is 10.6. The third-order valence-corrected chi connectivity index (χ3v) is 5.29. The summed E-state index contributed by atoms with van der Waals surface area (Å²) in [6.07, 6.45) is 0. The number of hydrogen-bond donors (Lipinski definition) is 2. The minimum atomic E-state index is -0.533. The van der Waals surface area contributed by atoms with Crippen LogP contribution in [0.15, 0.2) is 60.7 Å². The highest BCUT2D eigenvalue weighted by molar-refractivity contribution is 6.04. The van der Waals surface area contributed by atoms with Crippen molar-refractivity contribution < 1.29 is 19.1 Å². The topological polar surface area (TPSA) is 83.1 Å². The van der Waals surface area contributed by atoms with Crippen LogP contribution in [-0.4, -0.2) is 54.3 Å². The number of nitrogens with one attached hydrogen (secondary N) is 2. The van der Waals surface area contributed by atoms with Crippen LogP contribution in [0.1, 0.15) is 20.7 Å². The van der Waals surface area contributed by atoms with Gasteiger partial charge in [0.15, 0.2) is 0 Å². The van der Waals surface area contributed by atoms with Crippen LogP contribution in [0.4, 0.5) is 34.1 Å². The molecule has 0 amide bonds. The maximum absolute atomic E-state index is 12.6. The van der Waals surface area contributed by atoms with Gasteiger partial charge in [0, 0.05) is 50.9 Å². The zero-order valence-corrected chi connectivity index (χ0v) is 20.3. The molecular weight excluding hydrogens is 432 g/mol. The van der Waals surface area contributed by atoms with Crippen molar-refractivity contribution in [2.45, 2.75) is 0 Å². The molecule has 3 aromatic rings. The lowest BCUT2D eigenvalue weighted by atomic mass is 10.0. The molecule has 0 bridgehead atoms. The van der Waals surface area contributed by atoms with E-state index in [4.69, 9.17) is 9.47 Å². The molecule has 0 aliphatic rings. The summed E-state index contributed by atoms with van der Waals surface area (Å²) in [7, 11) is 10.5. The summed E-state index contributed by atoms with van der Waals surface area (Å²) in [5, 5.41) is 6.45. The molecule has 0 atom stereocenters. The molecule has 0 aliphatic heterocycles. The minimum Gasteiger partial charge on any atom is -0.465 e. The van der Waals surface area contributed by atoms with E-state index >= 15 is 0 Å². The summed E-state index contributed by atoms with van der Waals surface area (Å²) in [4.78, 5) is 29.2. The van der Waals surface area contributed by atoms with E-state index in [2.05, 4.69) is 10.6 Å². The van der Waals surface area contributed by atoms with Crippen molar-refractivity contribution in [1.29, 1.82) is 0 Å². The van der Waals surface area contributed by atoms with Crippen molar-refractivity contribution in [2.75, 3.05) is 62.8 Å². The molecule has 34 heavy (non-hydrogen) atoms. The lowest BCUT2D eigenvalue weighted by Crippen LogP contribution is -2.12. The van der Waals surface area contributed by atoms with Gasteiger partial charge in [0.2, 0.25) is 0 Å². The van der Waals surface area contributed by atoms with E-state index in [-0.39, 0.29) is 11.1 Å². The number of methoxy groups -OCH3 is 2. The minimum absolute atomic E-state index is 0.277. The molecule has 0 saturated heterocycles. The number of carbonyl (C=O) groups is 2. The summed E-state index contributed by atoms with van der Waals surface area (Å²) in [6.45, 7) is 0. The smallest absolute Gasteiger partial charge is 0.340 e. The van der Waals surface area contributed by atoms with Crippen LogP contribution in [0.5, 0.6) is 0 Å². The monoisotopic (exact) mass is 462 g/mol. The standard InChI is InChI=1S/C26H30N4O4/c1-29(2)19-11-7-17(8-12-19)27-23-15-22(26(32)34-6)24(16-21(23)25(31)33-5)28-18-9-13-20(14-10-18)30(3)4/h7-16,27-28H,1-6H3. The van der Waals surface area contributed by atoms with Crippen LogP contribution in [-0.2, 0) is 9.47 Å². The first-order chi connectivity index (χ1) is 16.2. The van der Waals surface area contributed by atoms with E-state index in [0.717, 1.165) is 22.7 Å². The molecule has 178 valence electrons. The summed E-state index contributed by atoms with van der Waals surface area (Å²) in [5.74, 6) is -1.07. The van der Waals surface area contributed by atoms with Gasteiger partial charge in [0.05, 0.1) is 36.7 Å². The number of nitrogens with zero attached hydrogens (tertiary/aromatic N) is 2. The first-order valence-corrected chi connectivity index (χ1v) is 10.7. The molecule has 0 saturated carbocycles. The number of benzene rings is 3. The lowest BCUT2D eigenvalue weighted by molar-refractivity contribution is 0.0588. The van der Waals surface area contributed by atoms with E-state index in [0.29, 0.717) is 11.4 Å². The Morgan fingerprint density at radius 2 is 0.941 bits per heavy atom. The van der Waals surface area contributed by atoms with E-state index < -0.39 is 11.9 Å². The number of anilines is 6. The van der Waals surface area contributed by atoms with Gasteiger partial charge >= 0.3 is 11.9 Å². The number of rotatable bonds is 8. The van der Waals surface area contributed by atoms with Crippen molar-refractivity contribution >= 4 is 46.1 Å². The summed E-state index contributed by atoms with van der Waals surface area (Å²) < 4.78 is 10.0. The van der Waals surface area contributed by atoms with Gasteiger partial charge in [0.25, 0.3) is 0 Å². The molecule has 8 nitrogen and oxygen atoms in total. The summed E-state index contributed by atoms with van der Waals surface area (Å²) in [6, 6.07) is 18.6. The third kappa shape index (κ3) is 5.58. The van der Waals surface area contributed by atoms with Gasteiger partial charge in [0.1, 0.15) is 0 Å². The zero-order valence-electron chi connectivity index (χ0n) is 20.3. The average molecular weight is 463 g/mol. The second-order valence-corrected chi connectivity index (χ2v) is 8.06. The van der Waals surface area contributed by atoms with Crippen LogP contribution in [0, 0.1) is 0 Å². The van der Waals surface area contributed by atoms with Crippen molar-refractivity contribution in [1.82, 2.24) is 0 Å². The largest absolute Gasteiger partial charge is 0.465 e. The van der Waals surface area contributed by atoms with Gasteiger partial charge in [-0.1, -0.05) is 0 Å². The molecule has 0 heterocycles. The molecule has 8 heteroatoms. The lowest BCUT2D eigenvalue weighted by Gasteiger charge is -2.18. The molecule has 2 N–H and O–H groups in total. The number of esters is 2. The van der Waals surface area contributed by atoms with E-state index in [1.54, 1.807) is 12.1 Å². The highest BCUT2D eigenvalue weighted by Gasteiger charge is 2.21. The van der Waals surface area contributed by atoms with Crippen LogP contribution in [0.3, 0.4) is 0 Å². The van der Waals surface area contributed by atoms with Gasteiger partial charge in [-0.3, -0.25) is 0 Å². The number of carbonyl (C=O) groups excluding carboxylic acids is 2. The van der Waals surface area contributed by atoms with Gasteiger partial charge in [-0.15, -0.1) is 0 Å². The fraction of sp³-hybridized carbons (Fsp3) is 0.231. The van der Waals surface area contributed by atoms with Crippen molar-refractivity contribution in [3.8, 4) is 0 Å². The Balaban J connectivity index is 2.03. The van der Waals surface area contributed by atoms with E-state index in [9.17, 15) is 9.59 Å². The Kier molecular flexibility index (Phi) is 7.63. The van der Waals surface area contributed by atoms with Crippen LogP contribution in [0.2, 0.25) is 0 Å². The van der Waals surface area contributed by atoms with Gasteiger partial charge in [-0.05, 0) is 60.7 Å². The molecular formula is C26H30N4O4. The fourth-order valence-corrected chi connectivity index (χ4v) is 3.36. The Bertz CT molecular complexity index is 1060. The molecule has 0 aliphatic carbocycles. The number of hydrogen-bond acceptors (Lipinski definition) is 8. The predicted molar refractivity (Wildman–Crippen MR) is 137 cm³/mol. The Morgan fingerprint density at radius 3 is 1.21 bits per heavy atom. The van der Waals surface area contributed by atoms with E-state index in [1.165, 1.54) is 14.2 Å². The van der Waals surface area contributed by atoms with Crippen LogP contribution >= 0.6 is 0 Å². The maximum Gasteiger partial charge on any atom is 0.340 e. The normalized spacial score (nSPS) is 10.3. The van der Waals surface area contributed by atoms with Crippen molar-refractivity contribution in [2.24, 2.45) is 0 Å². The SMILES string of the molecule is COC(=O)c1cc(Nc2ccc(N(C)C)cc2)c(C(=O)OC)cc1Nc1ccc(N(C)C)cc1. The summed E-state index contributed by atoms with van der Waals surface area (Å²) >= 11 is 0. The Morgan fingerprint density at radius 1 is 0.618 bits per heavy atom. The van der Waals surface area contributed by atoms with E-state index in [1.807, 2.05) is 86.5 Å². The predicted octanol–water partition coefficient (Wildman–Crippen LogP) is 4.88. The molecule has 0 spiro atoms. The van der Waals surface area contributed by atoms with Crippen LogP contribution in [0.25, 0.3) is 0 Å². The van der Waals surface area contributed by atoms with Crippen molar-refractivity contribution in [3.05, 3.63) is 71.8 Å². The second-order valence-electron chi connectivity index (χ2n) is 8.06. The fourth-order valence-electron chi connectivity index (χ4n) is 3.36. The maximum atomic E-state index is 12.6. The Hall–Kier alpha value is -4.20. The highest BCUT2D eigenvalue weighted by atomic mass is 16.5. The molecule has 0 unspecified atom stereocenters. The quantitative estimate of drug-likeness (QED) is 0.459. The third-order valence-electron chi connectivity index (χ3n) is 5.29. The molecule has 3 aromatic carbocycles. The van der Waals surface area contributed by atoms with Gasteiger partial charge < -0.3 is 29.9 Å². The van der Waals surface area contributed by atoms with Crippen molar-refractivity contribution in [3.63, 3.8) is 0 Å². The first-order valence-electron chi connectivity index (χ1n) is 10.7. The van der Waals surface area contributed by atoms with Crippen LogP contribution < -0.4 is 20.4 Å². The van der Waals surface area contributed by atoms with Gasteiger partial charge in [-0.25, -0.2) is 9.59 Å². The Labute approximate surface area is 200 Å². The number of ether oxygens (including phenoxy) is 2. The molecule has 0 fully saturated rings. The zero-order chi connectivity index (χ0) is 24.8. The summed E-state index contributed by atoms with van der Waals surface area (Å²) in [5.41, 5.74) is 5.00. The average Bonchev–Trinajstić information content (AvgIpc) is 2.84. The molecule has 0 radical (unpaired) electrons. The molecule has 3 rings (SSSR count). The molecule has 0 aromatic heterocycles. The highest BCUT2D eigenvalue weighted by Crippen LogP contribution is 2.32.